The van der Waals surface area contributed by atoms with E-state index in [0.717, 1.165) is 12.8 Å². The van der Waals surface area contributed by atoms with Crippen molar-refractivity contribution in [2.45, 2.75) is 57.7 Å². The van der Waals surface area contributed by atoms with E-state index in [4.69, 9.17) is 0 Å². The molecule has 2 rings (SSSR count). The fourth-order valence-electron chi connectivity index (χ4n) is 2.33. The Balaban J connectivity index is 1.83. The minimum Gasteiger partial charge on any atom is -0.352 e. The van der Waals surface area contributed by atoms with Crippen LogP contribution >= 0.6 is 0 Å². The number of hydrogen-bond donors (Lipinski definition) is 2. The van der Waals surface area contributed by atoms with Crippen molar-refractivity contribution in [2.75, 3.05) is 13.1 Å². The third-order valence-corrected chi connectivity index (χ3v) is 3.33. The van der Waals surface area contributed by atoms with Crippen LogP contribution in [-0.4, -0.2) is 47.9 Å². The lowest BCUT2D eigenvalue weighted by Gasteiger charge is -2.32. The summed E-state index contributed by atoms with van der Waals surface area (Å²) >= 11 is 0. The van der Waals surface area contributed by atoms with Gasteiger partial charge in [-0.25, -0.2) is 0 Å². The lowest BCUT2D eigenvalue weighted by atomic mass is 10.0. The number of amides is 2. The Morgan fingerprint density at radius 3 is 2.72 bits per heavy atom. The highest BCUT2D eigenvalue weighted by Crippen LogP contribution is 2.22. The van der Waals surface area contributed by atoms with Gasteiger partial charge < -0.3 is 15.5 Å². The van der Waals surface area contributed by atoms with Gasteiger partial charge in [-0.05, 0) is 39.5 Å². The molecule has 1 atom stereocenters. The predicted octanol–water partition coefficient (Wildman–Crippen LogP) is 0.254. The van der Waals surface area contributed by atoms with Gasteiger partial charge >= 0.3 is 0 Å². The van der Waals surface area contributed by atoms with E-state index in [0.29, 0.717) is 12.6 Å². The maximum atomic E-state index is 12.2. The number of likely N-dealkylation sites (tertiary alicyclic amines) is 1. The molecule has 1 aliphatic heterocycles. The van der Waals surface area contributed by atoms with Crippen LogP contribution in [0.1, 0.15) is 39.5 Å². The standard InChI is InChI=1S/C13H23N3O2/c1-9(2)14-12(17)8-16-7-3-4-11(13(16)18)15-10-5-6-10/h9-11,15H,3-8H2,1-2H3,(H,14,17). The van der Waals surface area contributed by atoms with Gasteiger partial charge in [0.25, 0.3) is 0 Å². The summed E-state index contributed by atoms with van der Waals surface area (Å²) in [5.41, 5.74) is 0. The number of carbonyl (C=O) groups excluding carboxylic acids is 2. The van der Waals surface area contributed by atoms with Crippen molar-refractivity contribution in [2.24, 2.45) is 0 Å². The van der Waals surface area contributed by atoms with Crippen LogP contribution in [0.5, 0.6) is 0 Å². The fraction of sp³-hybridized carbons (Fsp3) is 0.846. The summed E-state index contributed by atoms with van der Waals surface area (Å²) in [7, 11) is 0. The monoisotopic (exact) mass is 253 g/mol. The van der Waals surface area contributed by atoms with Crippen molar-refractivity contribution in [3.8, 4) is 0 Å². The van der Waals surface area contributed by atoms with Gasteiger partial charge in [-0.2, -0.15) is 0 Å². The highest BCUT2D eigenvalue weighted by molar-refractivity contribution is 5.88. The zero-order chi connectivity index (χ0) is 13.1. The molecule has 5 nitrogen and oxygen atoms in total. The van der Waals surface area contributed by atoms with Gasteiger partial charge in [0.05, 0.1) is 12.6 Å². The van der Waals surface area contributed by atoms with Gasteiger partial charge in [0.15, 0.2) is 0 Å². The molecular weight excluding hydrogens is 230 g/mol. The van der Waals surface area contributed by atoms with Crippen molar-refractivity contribution >= 4 is 11.8 Å². The first kappa shape index (κ1) is 13.3. The third kappa shape index (κ3) is 3.70. The zero-order valence-corrected chi connectivity index (χ0v) is 11.2. The number of nitrogens with zero attached hydrogens (tertiary/aromatic N) is 1. The van der Waals surface area contributed by atoms with Crippen molar-refractivity contribution in [3.05, 3.63) is 0 Å². The van der Waals surface area contributed by atoms with Crippen molar-refractivity contribution in [3.63, 3.8) is 0 Å². The van der Waals surface area contributed by atoms with Gasteiger partial charge in [0.2, 0.25) is 11.8 Å². The first-order valence-electron chi connectivity index (χ1n) is 6.90. The minimum absolute atomic E-state index is 0.0644. The summed E-state index contributed by atoms with van der Waals surface area (Å²) in [5.74, 6) is 0.0254. The summed E-state index contributed by atoms with van der Waals surface area (Å²) in [6.45, 7) is 4.74. The highest BCUT2D eigenvalue weighted by Gasteiger charge is 2.33. The van der Waals surface area contributed by atoms with Gasteiger partial charge in [-0.3, -0.25) is 9.59 Å². The van der Waals surface area contributed by atoms with Gasteiger partial charge in [0.1, 0.15) is 0 Å². The van der Waals surface area contributed by atoms with E-state index in [9.17, 15) is 9.59 Å². The lowest BCUT2D eigenvalue weighted by Crippen LogP contribution is -2.54. The SMILES string of the molecule is CC(C)NC(=O)CN1CCCC(NC2CC2)C1=O. The Hall–Kier alpha value is -1.10. The molecule has 1 saturated heterocycles. The van der Waals surface area contributed by atoms with Crippen LogP contribution in [0.15, 0.2) is 0 Å². The van der Waals surface area contributed by atoms with Crippen LogP contribution in [0, 0.1) is 0 Å². The molecule has 2 N–H and O–H groups in total. The highest BCUT2D eigenvalue weighted by atomic mass is 16.2. The fourth-order valence-corrected chi connectivity index (χ4v) is 2.33. The molecule has 0 spiro atoms. The van der Waals surface area contributed by atoms with E-state index >= 15 is 0 Å². The van der Waals surface area contributed by atoms with E-state index in [-0.39, 0.29) is 30.4 Å². The van der Waals surface area contributed by atoms with Crippen LogP contribution in [0.3, 0.4) is 0 Å². The van der Waals surface area contributed by atoms with Crippen LogP contribution in [0.25, 0.3) is 0 Å². The molecule has 1 aliphatic carbocycles. The van der Waals surface area contributed by atoms with Gasteiger partial charge in [-0.15, -0.1) is 0 Å². The quantitative estimate of drug-likeness (QED) is 0.738. The number of nitrogens with one attached hydrogen (secondary N) is 2. The van der Waals surface area contributed by atoms with Crippen LogP contribution < -0.4 is 10.6 Å². The zero-order valence-electron chi connectivity index (χ0n) is 11.2. The summed E-state index contributed by atoms with van der Waals surface area (Å²) in [4.78, 5) is 25.6. The van der Waals surface area contributed by atoms with Crippen LogP contribution in [0.2, 0.25) is 0 Å². The molecule has 2 amide bonds. The molecular formula is C13H23N3O2. The van der Waals surface area contributed by atoms with Crippen molar-refractivity contribution in [1.29, 1.82) is 0 Å². The molecule has 0 aromatic carbocycles. The number of carbonyl (C=O) groups is 2. The largest absolute Gasteiger partial charge is 0.352 e. The number of rotatable bonds is 5. The molecule has 102 valence electrons. The smallest absolute Gasteiger partial charge is 0.240 e. The Morgan fingerprint density at radius 2 is 2.11 bits per heavy atom. The van der Waals surface area contributed by atoms with Crippen LogP contribution in [-0.2, 0) is 9.59 Å². The molecule has 1 saturated carbocycles. The average Bonchev–Trinajstić information content (AvgIpc) is 3.06. The van der Waals surface area contributed by atoms with Gasteiger partial charge in [0, 0.05) is 18.6 Å². The lowest BCUT2D eigenvalue weighted by molar-refractivity contribution is -0.140. The second-order valence-electron chi connectivity index (χ2n) is 5.62. The second-order valence-corrected chi connectivity index (χ2v) is 5.62. The number of piperidine rings is 1. The van der Waals surface area contributed by atoms with Gasteiger partial charge in [-0.1, -0.05) is 0 Å². The minimum atomic E-state index is -0.0712. The van der Waals surface area contributed by atoms with Crippen LogP contribution in [0.4, 0.5) is 0 Å². The summed E-state index contributed by atoms with van der Waals surface area (Å²) in [5, 5.41) is 6.19. The summed E-state index contributed by atoms with van der Waals surface area (Å²) in [6.07, 6.45) is 4.23. The molecule has 2 fully saturated rings. The Labute approximate surface area is 108 Å². The topological polar surface area (TPSA) is 61.4 Å². The first-order chi connectivity index (χ1) is 8.56. The molecule has 0 aromatic heterocycles. The van der Waals surface area contributed by atoms with Crippen molar-refractivity contribution < 1.29 is 9.59 Å². The molecule has 0 radical (unpaired) electrons. The number of hydrogen-bond acceptors (Lipinski definition) is 3. The predicted molar refractivity (Wildman–Crippen MR) is 69.0 cm³/mol. The second kappa shape index (κ2) is 5.69. The van der Waals surface area contributed by atoms with E-state index in [1.807, 2.05) is 13.8 Å². The summed E-state index contributed by atoms with van der Waals surface area (Å²) < 4.78 is 0. The van der Waals surface area contributed by atoms with E-state index in [1.54, 1.807) is 4.90 Å². The van der Waals surface area contributed by atoms with E-state index in [1.165, 1.54) is 12.8 Å². The Morgan fingerprint density at radius 1 is 1.39 bits per heavy atom. The maximum Gasteiger partial charge on any atom is 0.240 e. The van der Waals surface area contributed by atoms with E-state index in [2.05, 4.69) is 10.6 Å². The first-order valence-corrected chi connectivity index (χ1v) is 6.90. The Kier molecular flexibility index (Phi) is 4.22. The summed E-state index contributed by atoms with van der Waals surface area (Å²) in [6, 6.07) is 0.583. The molecule has 5 heteroatoms. The molecule has 2 aliphatic rings. The molecule has 1 heterocycles. The van der Waals surface area contributed by atoms with E-state index < -0.39 is 0 Å². The molecule has 1 unspecified atom stereocenters. The molecule has 0 bridgehead atoms. The maximum absolute atomic E-state index is 12.2. The molecule has 0 aromatic rings. The average molecular weight is 253 g/mol. The Bertz CT molecular complexity index is 326. The third-order valence-electron chi connectivity index (χ3n) is 3.33. The normalized spacial score (nSPS) is 24.5. The molecule has 18 heavy (non-hydrogen) atoms. The van der Waals surface area contributed by atoms with Crippen molar-refractivity contribution in [1.82, 2.24) is 15.5 Å².